The number of amides is 1. The van der Waals surface area contributed by atoms with Crippen molar-refractivity contribution in [2.75, 3.05) is 25.6 Å². The summed E-state index contributed by atoms with van der Waals surface area (Å²) in [5.74, 6) is 0.532. The minimum Gasteiger partial charge on any atom is -0.469 e. The van der Waals surface area contributed by atoms with Crippen LogP contribution < -0.4 is 11.1 Å². The molecule has 1 aliphatic rings. The van der Waals surface area contributed by atoms with Gasteiger partial charge in [-0.25, -0.2) is 0 Å². The summed E-state index contributed by atoms with van der Waals surface area (Å²) < 4.78 is 4.74. The third-order valence-corrected chi connectivity index (χ3v) is 5.18. The van der Waals surface area contributed by atoms with Gasteiger partial charge in [-0.15, -0.1) is 11.8 Å². The normalized spacial score (nSPS) is 15.3. The topological polar surface area (TPSA) is 81.4 Å². The van der Waals surface area contributed by atoms with Crippen LogP contribution in [0, 0.1) is 5.41 Å². The second-order valence-corrected chi connectivity index (χ2v) is 6.39. The second-order valence-electron chi connectivity index (χ2n) is 5.37. The number of ether oxygens (including phenoxy) is 1. The fourth-order valence-electron chi connectivity index (χ4n) is 2.12. The molecule has 0 unspecified atom stereocenters. The first kappa shape index (κ1) is 15.7. The van der Waals surface area contributed by atoms with Crippen LogP contribution in [0.2, 0.25) is 0 Å². The Morgan fingerprint density at radius 3 is 2.67 bits per heavy atom. The van der Waals surface area contributed by atoms with Gasteiger partial charge in [-0.1, -0.05) is 0 Å². The van der Waals surface area contributed by atoms with E-state index in [1.807, 2.05) is 6.07 Å². The number of benzene rings is 1. The lowest BCUT2D eigenvalue weighted by Crippen LogP contribution is -2.18. The summed E-state index contributed by atoms with van der Waals surface area (Å²) in [5.41, 5.74) is 7.20. The molecule has 0 aromatic heterocycles. The molecule has 114 valence electrons. The van der Waals surface area contributed by atoms with Crippen LogP contribution in [0.5, 0.6) is 0 Å². The Morgan fingerprint density at radius 1 is 1.43 bits per heavy atom. The summed E-state index contributed by atoms with van der Waals surface area (Å²) in [5, 5.41) is 2.57. The second kappa shape index (κ2) is 6.39. The van der Waals surface area contributed by atoms with E-state index >= 15 is 0 Å². The number of thioether (sulfide) groups is 1. The first-order chi connectivity index (χ1) is 9.99. The smallest absolute Gasteiger partial charge is 0.306 e. The van der Waals surface area contributed by atoms with Crippen molar-refractivity contribution < 1.29 is 14.3 Å². The summed E-state index contributed by atoms with van der Waals surface area (Å²) in [6.45, 7) is 0. The van der Waals surface area contributed by atoms with Crippen LogP contribution in [0.3, 0.4) is 0 Å². The predicted octanol–water partition coefficient (Wildman–Crippen LogP) is 2.06. The van der Waals surface area contributed by atoms with Crippen LogP contribution in [0.15, 0.2) is 23.1 Å². The third-order valence-electron chi connectivity index (χ3n) is 3.74. The largest absolute Gasteiger partial charge is 0.469 e. The Balaban J connectivity index is 1.98. The van der Waals surface area contributed by atoms with Crippen molar-refractivity contribution in [3.05, 3.63) is 23.8 Å². The zero-order valence-corrected chi connectivity index (χ0v) is 13.1. The van der Waals surface area contributed by atoms with Crippen molar-refractivity contribution in [3.63, 3.8) is 0 Å². The van der Waals surface area contributed by atoms with Crippen molar-refractivity contribution in [2.45, 2.75) is 24.2 Å². The van der Waals surface area contributed by atoms with E-state index in [1.165, 1.54) is 7.11 Å². The van der Waals surface area contributed by atoms with Gasteiger partial charge in [-0.05, 0) is 36.5 Å². The van der Waals surface area contributed by atoms with Crippen LogP contribution >= 0.6 is 11.8 Å². The molecule has 0 radical (unpaired) electrons. The van der Waals surface area contributed by atoms with Crippen LogP contribution in [0.1, 0.15) is 29.6 Å². The molecule has 1 aromatic carbocycles. The molecule has 0 heterocycles. The van der Waals surface area contributed by atoms with Gasteiger partial charge in [0.1, 0.15) is 0 Å². The highest BCUT2D eigenvalue weighted by atomic mass is 32.2. The lowest BCUT2D eigenvalue weighted by Gasteiger charge is -2.14. The van der Waals surface area contributed by atoms with E-state index in [4.69, 9.17) is 10.5 Å². The number of hydrogen-bond acceptors (Lipinski definition) is 5. The Kier molecular flexibility index (Phi) is 4.77. The maximum Gasteiger partial charge on any atom is 0.306 e. The zero-order chi connectivity index (χ0) is 15.5. The third kappa shape index (κ3) is 3.91. The number of anilines is 1. The molecule has 1 amide bonds. The van der Waals surface area contributed by atoms with E-state index in [-0.39, 0.29) is 17.3 Å². The molecule has 1 aliphatic carbocycles. The molecule has 5 nitrogen and oxygen atoms in total. The van der Waals surface area contributed by atoms with E-state index in [0.29, 0.717) is 17.7 Å². The van der Waals surface area contributed by atoms with E-state index in [9.17, 15) is 9.59 Å². The average molecular weight is 308 g/mol. The molecule has 21 heavy (non-hydrogen) atoms. The fourth-order valence-corrected chi connectivity index (χ4v) is 3.37. The number of rotatable bonds is 6. The van der Waals surface area contributed by atoms with Gasteiger partial charge in [0.05, 0.1) is 13.5 Å². The summed E-state index contributed by atoms with van der Waals surface area (Å²) in [6.07, 6.45) is 2.56. The molecule has 0 saturated heterocycles. The Hall–Kier alpha value is -1.69. The molecular weight excluding hydrogens is 288 g/mol. The Bertz CT molecular complexity index is 556. The minimum absolute atomic E-state index is 0.0592. The number of nitrogens with one attached hydrogen (secondary N) is 1. The van der Waals surface area contributed by atoms with Gasteiger partial charge in [0, 0.05) is 28.9 Å². The van der Waals surface area contributed by atoms with Gasteiger partial charge in [0.15, 0.2) is 0 Å². The molecule has 0 aliphatic heterocycles. The first-order valence-electron chi connectivity index (χ1n) is 6.81. The van der Waals surface area contributed by atoms with Gasteiger partial charge >= 0.3 is 5.97 Å². The van der Waals surface area contributed by atoms with Gasteiger partial charge in [-0.2, -0.15) is 0 Å². The predicted molar refractivity (Wildman–Crippen MR) is 83.3 cm³/mol. The molecule has 1 fully saturated rings. The molecule has 1 aromatic rings. The first-order valence-corrected chi connectivity index (χ1v) is 7.79. The number of nitrogens with two attached hydrogens (primary N) is 1. The highest BCUT2D eigenvalue weighted by Gasteiger charge is 2.44. The number of nitrogen functional groups attached to an aromatic ring is 1. The highest BCUT2D eigenvalue weighted by molar-refractivity contribution is 7.99. The number of hydrogen-bond donors (Lipinski definition) is 2. The van der Waals surface area contributed by atoms with Crippen molar-refractivity contribution in [1.29, 1.82) is 0 Å². The quantitative estimate of drug-likeness (QED) is 0.477. The van der Waals surface area contributed by atoms with E-state index in [1.54, 1.807) is 30.9 Å². The highest BCUT2D eigenvalue weighted by Crippen LogP contribution is 2.52. The SMILES string of the molecule is CNC(=O)c1ccc(SCC2(CC(=O)OC)CC2)c(N)c1. The molecule has 2 rings (SSSR count). The van der Waals surface area contributed by atoms with Gasteiger partial charge in [0.2, 0.25) is 0 Å². The van der Waals surface area contributed by atoms with Crippen molar-refractivity contribution >= 4 is 29.3 Å². The Labute approximate surface area is 128 Å². The number of methoxy groups -OCH3 is 1. The van der Waals surface area contributed by atoms with Gasteiger partial charge < -0.3 is 15.8 Å². The zero-order valence-electron chi connectivity index (χ0n) is 12.3. The minimum atomic E-state index is -0.156. The van der Waals surface area contributed by atoms with Gasteiger partial charge in [-0.3, -0.25) is 9.59 Å². The molecular formula is C15H20N2O3S. The van der Waals surface area contributed by atoms with Gasteiger partial charge in [0.25, 0.3) is 5.91 Å². The van der Waals surface area contributed by atoms with Crippen molar-refractivity contribution in [2.24, 2.45) is 5.41 Å². The molecule has 6 heteroatoms. The summed E-state index contributed by atoms with van der Waals surface area (Å²) in [7, 11) is 3.01. The van der Waals surface area contributed by atoms with E-state index in [2.05, 4.69) is 5.32 Å². The lowest BCUT2D eigenvalue weighted by molar-refractivity contribution is -0.141. The van der Waals surface area contributed by atoms with E-state index < -0.39 is 0 Å². The maximum atomic E-state index is 11.5. The maximum absolute atomic E-state index is 11.5. The molecule has 0 bridgehead atoms. The number of carbonyl (C=O) groups excluding carboxylic acids is 2. The number of carbonyl (C=O) groups is 2. The standard InChI is InChI=1S/C15H20N2O3S/c1-17-14(19)10-3-4-12(11(16)7-10)21-9-15(5-6-15)8-13(18)20-2/h3-4,7H,5-6,8-9,16H2,1-2H3,(H,17,19). The van der Waals surface area contributed by atoms with Crippen LogP contribution in [0.25, 0.3) is 0 Å². The monoisotopic (exact) mass is 308 g/mol. The van der Waals surface area contributed by atoms with E-state index in [0.717, 1.165) is 23.5 Å². The number of esters is 1. The summed E-state index contributed by atoms with van der Waals surface area (Å²) in [6, 6.07) is 5.30. The van der Waals surface area contributed by atoms with Crippen LogP contribution in [0.4, 0.5) is 5.69 Å². The molecule has 1 saturated carbocycles. The molecule has 0 atom stereocenters. The summed E-state index contributed by atoms with van der Waals surface area (Å²) >= 11 is 1.63. The Morgan fingerprint density at radius 2 is 2.14 bits per heavy atom. The average Bonchev–Trinajstić information content (AvgIpc) is 3.24. The fraction of sp³-hybridized carbons (Fsp3) is 0.467. The summed E-state index contributed by atoms with van der Waals surface area (Å²) in [4.78, 5) is 23.9. The molecule has 0 spiro atoms. The lowest BCUT2D eigenvalue weighted by atomic mass is 10.1. The molecule has 3 N–H and O–H groups in total. The van der Waals surface area contributed by atoms with Crippen molar-refractivity contribution in [3.8, 4) is 0 Å². The van der Waals surface area contributed by atoms with Crippen LogP contribution in [-0.2, 0) is 9.53 Å². The van der Waals surface area contributed by atoms with Crippen molar-refractivity contribution in [1.82, 2.24) is 5.32 Å². The van der Waals surface area contributed by atoms with Crippen LogP contribution in [-0.4, -0.2) is 31.8 Å².